The number of thiazole rings is 1. The summed E-state index contributed by atoms with van der Waals surface area (Å²) in [4.78, 5) is 4.31. The van der Waals surface area contributed by atoms with Crippen molar-refractivity contribution < 1.29 is 9.47 Å². The van der Waals surface area contributed by atoms with Crippen LogP contribution in [-0.2, 0) is 11.3 Å². The van der Waals surface area contributed by atoms with Crippen molar-refractivity contribution >= 4 is 11.3 Å². The lowest BCUT2D eigenvalue weighted by atomic mass is 10.0. The monoisotopic (exact) mass is 214 g/mol. The predicted octanol–water partition coefficient (Wildman–Crippen LogP) is 1.03. The van der Waals surface area contributed by atoms with Crippen LogP contribution in [0.2, 0.25) is 0 Å². The van der Waals surface area contributed by atoms with Gasteiger partial charge in [-0.05, 0) is 6.92 Å². The van der Waals surface area contributed by atoms with Crippen molar-refractivity contribution in [3.63, 3.8) is 0 Å². The fraction of sp³-hybridized carbons (Fsp3) is 0.667. The van der Waals surface area contributed by atoms with Crippen LogP contribution in [-0.4, -0.2) is 30.8 Å². The summed E-state index contributed by atoms with van der Waals surface area (Å²) in [6.45, 7) is 4.43. The maximum atomic E-state index is 5.75. The Hall–Kier alpha value is -0.650. The van der Waals surface area contributed by atoms with E-state index in [1.54, 1.807) is 18.4 Å². The van der Waals surface area contributed by atoms with Crippen molar-refractivity contribution in [3.8, 4) is 5.88 Å². The van der Waals surface area contributed by atoms with Crippen LogP contribution >= 0.6 is 11.3 Å². The van der Waals surface area contributed by atoms with Crippen molar-refractivity contribution in [3.05, 3.63) is 10.4 Å². The molecule has 4 nitrogen and oxygen atoms in total. The van der Waals surface area contributed by atoms with Crippen molar-refractivity contribution in [2.75, 3.05) is 20.2 Å². The summed E-state index contributed by atoms with van der Waals surface area (Å²) >= 11 is 1.57. The second-order valence-corrected chi connectivity index (χ2v) is 4.61. The lowest BCUT2D eigenvalue weighted by Gasteiger charge is -2.38. The summed E-state index contributed by atoms with van der Waals surface area (Å²) < 4.78 is 10.7. The Morgan fingerprint density at radius 3 is 3.00 bits per heavy atom. The van der Waals surface area contributed by atoms with Gasteiger partial charge >= 0.3 is 0 Å². The highest BCUT2D eigenvalue weighted by atomic mass is 32.1. The van der Waals surface area contributed by atoms with Crippen LogP contribution in [0.5, 0.6) is 5.88 Å². The molecule has 1 aliphatic rings. The van der Waals surface area contributed by atoms with Gasteiger partial charge in [0.1, 0.15) is 10.6 Å². The van der Waals surface area contributed by atoms with Crippen LogP contribution in [0.4, 0.5) is 0 Å². The van der Waals surface area contributed by atoms with E-state index in [4.69, 9.17) is 9.47 Å². The molecule has 78 valence electrons. The third kappa shape index (κ3) is 2.05. The molecule has 0 saturated carbocycles. The molecule has 2 heterocycles. The second-order valence-electron chi connectivity index (χ2n) is 3.67. The molecule has 0 spiro atoms. The molecule has 5 heteroatoms. The van der Waals surface area contributed by atoms with Gasteiger partial charge in [-0.2, -0.15) is 0 Å². The molecule has 0 radical (unpaired) electrons. The van der Waals surface area contributed by atoms with Gasteiger partial charge in [-0.25, -0.2) is 4.98 Å². The average Bonchev–Trinajstić information content (AvgIpc) is 2.51. The fourth-order valence-electron chi connectivity index (χ4n) is 1.33. The molecule has 1 aliphatic heterocycles. The third-order valence-corrected chi connectivity index (χ3v) is 2.95. The third-order valence-electron chi connectivity index (χ3n) is 2.15. The molecule has 0 bridgehead atoms. The van der Waals surface area contributed by atoms with E-state index in [1.807, 2.05) is 5.38 Å². The molecule has 0 aliphatic carbocycles. The minimum absolute atomic E-state index is 0.0710. The molecule has 2 rings (SSSR count). The van der Waals surface area contributed by atoms with Crippen molar-refractivity contribution in [2.24, 2.45) is 0 Å². The van der Waals surface area contributed by atoms with Crippen LogP contribution in [0, 0.1) is 0 Å². The Morgan fingerprint density at radius 1 is 1.64 bits per heavy atom. The lowest BCUT2D eigenvalue weighted by molar-refractivity contribution is 0.0307. The van der Waals surface area contributed by atoms with Gasteiger partial charge in [0.05, 0.1) is 12.0 Å². The van der Waals surface area contributed by atoms with Gasteiger partial charge in [0, 0.05) is 20.2 Å². The standard InChI is InChI=1S/C9H14N2O2S/c1-9(5-10-6-9)13-7-4-14-8(11-7)3-12-2/h4,10H,3,5-6H2,1-2H3. The topological polar surface area (TPSA) is 43.4 Å². The highest BCUT2D eigenvalue weighted by Crippen LogP contribution is 2.23. The Labute approximate surface area is 87.3 Å². The first-order chi connectivity index (χ1) is 6.72. The SMILES string of the molecule is COCc1nc(OC2(C)CNC2)cs1. The van der Waals surface area contributed by atoms with Crippen LogP contribution in [0.15, 0.2) is 5.38 Å². The molecule has 0 unspecified atom stereocenters. The van der Waals surface area contributed by atoms with Gasteiger partial charge in [0.25, 0.3) is 0 Å². The number of nitrogens with one attached hydrogen (secondary N) is 1. The van der Waals surface area contributed by atoms with Gasteiger partial charge in [0.15, 0.2) is 0 Å². The second kappa shape index (κ2) is 3.84. The Kier molecular flexibility index (Phi) is 2.71. The smallest absolute Gasteiger partial charge is 0.225 e. The maximum Gasteiger partial charge on any atom is 0.225 e. The van der Waals surface area contributed by atoms with Gasteiger partial charge in [-0.1, -0.05) is 0 Å². The molecule has 1 aromatic rings. The van der Waals surface area contributed by atoms with E-state index in [0.29, 0.717) is 12.5 Å². The quantitative estimate of drug-likeness (QED) is 0.813. The molecule has 1 aromatic heterocycles. The molecular weight excluding hydrogens is 200 g/mol. The number of hydrogen-bond acceptors (Lipinski definition) is 5. The van der Waals surface area contributed by atoms with Gasteiger partial charge in [0.2, 0.25) is 5.88 Å². The number of nitrogens with zero attached hydrogens (tertiary/aromatic N) is 1. The first-order valence-electron chi connectivity index (χ1n) is 4.55. The van der Waals surface area contributed by atoms with E-state index in [9.17, 15) is 0 Å². The highest BCUT2D eigenvalue weighted by molar-refractivity contribution is 7.09. The van der Waals surface area contributed by atoms with Crippen LogP contribution in [0.1, 0.15) is 11.9 Å². The van der Waals surface area contributed by atoms with Gasteiger partial charge < -0.3 is 14.8 Å². The number of hydrogen-bond donors (Lipinski definition) is 1. The largest absolute Gasteiger partial charge is 0.468 e. The normalized spacial score (nSPS) is 19.0. The Morgan fingerprint density at radius 2 is 2.43 bits per heavy atom. The molecule has 0 amide bonds. The van der Waals surface area contributed by atoms with Crippen LogP contribution in [0.25, 0.3) is 0 Å². The molecule has 1 N–H and O–H groups in total. The molecule has 1 fully saturated rings. The number of rotatable bonds is 4. The van der Waals surface area contributed by atoms with Gasteiger partial charge in [-0.15, -0.1) is 11.3 Å². The minimum atomic E-state index is -0.0710. The summed E-state index contributed by atoms with van der Waals surface area (Å²) in [5.41, 5.74) is -0.0710. The molecule has 1 saturated heterocycles. The number of aromatic nitrogens is 1. The highest BCUT2D eigenvalue weighted by Gasteiger charge is 2.34. The van der Waals surface area contributed by atoms with Crippen LogP contribution in [0.3, 0.4) is 0 Å². The number of methoxy groups -OCH3 is 1. The first kappa shape index (κ1) is 9.89. The summed E-state index contributed by atoms with van der Waals surface area (Å²) in [6.07, 6.45) is 0. The first-order valence-corrected chi connectivity index (χ1v) is 5.43. The van der Waals surface area contributed by atoms with E-state index in [-0.39, 0.29) is 5.60 Å². The minimum Gasteiger partial charge on any atom is -0.468 e. The maximum absolute atomic E-state index is 5.75. The summed E-state index contributed by atoms with van der Waals surface area (Å²) in [5, 5.41) is 6.07. The summed E-state index contributed by atoms with van der Waals surface area (Å²) in [6, 6.07) is 0. The molecular formula is C9H14N2O2S. The summed E-state index contributed by atoms with van der Waals surface area (Å²) in [7, 11) is 1.67. The van der Waals surface area contributed by atoms with Crippen molar-refractivity contribution in [2.45, 2.75) is 19.1 Å². The van der Waals surface area contributed by atoms with Crippen molar-refractivity contribution in [1.82, 2.24) is 10.3 Å². The van der Waals surface area contributed by atoms with E-state index in [2.05, 4.69) is 17.2 Å². The molecule has 14 heavy (non-hydrogen) atoms. The van der Waals surface area contributed by atoms with Crippen molar-refractivity contribution in [1.29, 1.82) is 0 Å². The van der Waals surface area contributed by atoms with E-state index >= 15 is 0 Å². The molecule has 0 atom stereocenters. The van der Waals surface area contributed by atoms with Crippen LogP contribution < -0.4 is 10.1 Å². The van der Waals surface area contributed by atoms with E-state index < -0.39 is 0 Å². The Bertz CT molecular complexity index is 310. The predicted molar refractivity (Wildman–Crippen MR) is 54.7 cm³/mol. The number of ether oxygens (including phenoxy) is 2. The fourth-order valence-corrected chi connectivity index (χ4v) is 2.00. The zero-order chi connectivity index (χ0) is 10.0. The zero-order valence-electron chi connectivity index (χ0n) is 8.37. The van der Waals surface area contributed by atoms with Gasteiger partial charge in [-0.3, -0.25) is 0 Å². The molecule has 0 aromatic carbocycles. The van der Waals surface area contributed by atoms with E-state index in [1.165, 1.54) is 0 Å². The lowest BCUT2D eigenvalue weighted by Crippen LogP contribution is -2.61. The Balaban J connectivity index is 1.95. The average molecular weight is 214 g/mol. The van der Waals surface area contributed by atoms with E-state index in [0.717, 1.165) is 18.1 Å². The summed E-state index contributed by atoms with van der Waals surface area (Å²) in [5.74, 6) is 0.714. The zero-order valence-corrected chi connectivity index (χ0v) is 9.19.